The molecule has 0 saturated carbocycles. The van der Waals surface area contributed by atoms with E-state index in [0.717, 1.165) is 27.7 Å². The monoisotopic (exact) mass is 463 g/mol. The summed E-state index contributed by atoms with van der Waals surface area (Å²) in [6, 6.07) is 15.2. The molecule has 3 aromatic heterocycles. The molecule has 0 unspecified atom stereocenters. The van der Waals surface area contributed by atoms with Crippen molar-refractivity contribution in [2.45, 2.75) is 6.92 Å². The smallest absolute Gasteiger partial charge is 0.269 e. The van der Waals surface area contributed by atoms with Gasteiger partial charge in [0, 0.05) is 37.6 Å². The van der Waals surface area contributed by atoms with E-state index in [1.54, 1.807) is 36.2 Å². The Morgan fingerprint density at radius 3 is 2.67 bits per heavy atom. The van der Waals surface area contributed by atoms with Crippen molar-refractivity contribution in [2.24, 2.45) is 7.05 Å². The number of nitrogens with one attached hydrogen (secondary N) is 3. The SMILES string of the molecule is COc1ccc(Nc2cc(C)nc(NCCNC(=O)c3cc(-c4cccs4)nn3C)n2)cc1. The topological polar surface area (TPSA) is 106 Å². The summed E-state index contributed by atoms with van der Waals surface area (Å²) >= 11 is 1.59. The lowest BCUT2D eigenvalue weighted by atomic mass is 10.3. The number of amides is 1. The minimum absolute atomic E-state index is 0.179. The van der Waals surface area contributed by atoms with Crippen LogP contribution >= 0.6 is 11.3 Å². The van der Waals surface area contributed by atoms with Crippen molar-refractivity contribution >= 4 is 34.7 Å². The van der Waals surface area contributed by atoms with Crippen LogP contribution in [0.3, 0.4) is 0 Å². The van der Waals surface area contributed by atoms with E-state index in [1.165, 1.54) is 0 Å². The van der Waals surface area contributed by atoms with Gasteiger partial charge in [0.05, 0.1) is 12.0 Å². The van der Waals surface area contributed by atoms with E-state index in [-0.39, 0.29) is 5.91 Å². The van der Waals surface area contributed by atoms with Crippen molar-refractivity contribution in [1.29, 1.82) is 0 Å². The molecule has 9 nitrogen and oxygen atoms in total. The number of benzene rings is 1. The van der Waals surface area contributed by atoms with Gasteiger partial charge in [-0.1, -0.05) is 6.07 Å². The lowest BCUT2D eigenvalue weighted by Gasteiger charge is -2.11. The third kappa shape index (κ3) is 5.66. The van der Waals surface area contributed by atoms with Gasteiger partial charge in [0.15, 0.2) is 0 Å². The number of methoxy groups -OCH3 is 1. The number of carbonyl (C=O) groups is 1. The number of aryl methyl sites for hydroxylation is 2. The molecule has 4 aromatic rings. The second kappa shape index (κ2) is 10.1. The van der Waals surface area contributed by atoms with E-state index in [2.05, 4.69) is 31.0 Å². The molecule has 0 aliphatic heterocycles. The van der Waals surface area contributed by atoms with Gasteiger partial charge in [0.2, 0.25) is 5.95 Å². The van der Waals surface area contributed by atoms with E-state index < -0.39 is 0 Å². The molecule has 0 fully saturated rings. The molecule has 0 spiro atoms. The van der Waals surface area contributed by atoms with Gasteiger partial charge in [-0.05, 0) is 48.7 Å². The lowest BCUT2D eigenvalue weighted by molar-refractivity contribution is 0.0945. The molecule has 3 heterocycles. The number of hydrogen-bond donors (Lipinski definition) is 3. The van der Waals surface area contributed by atoms with Crippen molar-refractivity contribution < 1.29 is 9.53 Å². The Labute approximate surface area is 195 Å². The van der Waals surface area contributed by atoms with Gasteiger partial charge in [-0.25, -0.2) is 4.98 Å². The van der Waals surface area contributed by atoms with E-state index in [4.69, 9.17) is 4.74 Å². The predicted molar refractivity (Wildman–Crippen MR) is 130 cm³/mol. The normalized spacial score (nSPS) is 10.6. The number of aromatic nitrogens is 4. The second-order valence-corrected chi connectivity index (χ2v) is 8.22. The highest BCUT2D eigenvalue weighted by atomic mass is 32.1. The van der Waals surface area contributed by atoms with Crippen molar-refractivity contribution in [3.05, 3.63) is 65.3 Å². The Kier molecular flexibility index (Phi) is 6.84. The van der Waals surface area contributed by atoms with Crippen LogP contribution in [0.2, 0.25) is 0 Å². The second-order valence-electron chi connectivity index (χ2n) is 7.27. The van der Waals surface area contributed by atoms with E-state index in [1.807, 2.05) is 54.8 Å². The van der Waals surface area contributed by atoms with Crippen molar-refractivity contribution in [1.82, 2.24) is 25.1 Å². The molecule has 33 heavy (non-hydrogen) atoms. The number of anilines is 3. The van der Waals surface area contributed by atoms with Crippen LogP contribution in [0.25, 0.3) is 10.6 Å². The van der Waals surface area contributed by atoms with Crippen LogP contribution < -0.4 is 20.7 Å². The first-order valence-electron chi connectivity index (χ1n) is 10.4. The zero-order chi connectivity index (χ0) is 23.2. The molecule has 3 N–H and O–H groups in total. The maximum absolute atomic E-state index is 12.6. The Morgan fingerprint density at radius 2 is 1.94 bits per heavy atom. The molecule has 0 atom stereocenters. The van der Waals surface area contributed by atoms with Crippen LogP contribution in [-0.2, 0) is 7.05 Å². The van der Waals surface area contributed by atoms with Crippen LogP contribution in [0.5, 0.6) is 5.75 Å². The number of carbonyl (C=O) groups excluding carboxylic acids is 1. The van der Waals surface area contributed by atoms with Gasteiger partial charge in [0.1, 0.15) is 23.0 Å². The summed E-state index contributed by atoms with van der Waals surface area (Å²) in [7, 11) is 3.40. The maximum Gasteiger partial charge on any atom is 0.269 e. The van der Waals surface area contributed by atoms with Crippen molar-refractivity contribution in [3.63, 3.8) is 0 Å². The van der Waals surface area contributed by atoms with Crippen LogP contribution in [0, 0.1) is 6.92 Å². The van der Waals surface area contributed by atoms with Gasteiger partial charge in [-0.3, -0.25) is 9.48 Å². The fraction of sp³-hybridized carbons (Fsp3) is 0.217. The number of thiophene rings is 1. The average Bonchev–Trinajstić information content (AvgIpc) is 3.47. The highest BCUT2D eigenvalue weighted by molar-refractivity contribution is 7.13. The number of ether oxygens (including phenoxy) is 1. The van der Waals surface area contributed by atoms with Crippen LogP contribution in [0.4, 0.5) is 17.5 Å². The molecule has 4 rings (SSSR count). The fourth-order valence-corrected chi connectivity index (χ4v) is 3.88. The number of hydrogen-bond acceptors (Lipinski definition) is 8. The highest BCUT2D eigenvalue weighted by Crippen LogP contribution is 2.24. The third-order valence-electron chi connectivity index (χ3n) is 4.80. The van der Waals surface area contributed by atoms with Gasteiger partial charge < -0.3 is 20.7 Å². The first-order valence-corrected chi connectivity index (χ1v) is 11.3. The van der Waals surface area contributed by atoms with Crippen LogP contribution in [0.15, 0.2) is 53.9 Å². The number of rotatable bonds is 9. The fourth-order valence-electron chi connectivity index (χ4n) is 3.20. The van der Waals surface area contributed by atoms with E-state index >= 15 is 0 Å². The van der Waals surface area contributed by atoms with Gasteiger partial charge >= 0.3 is 0 Å². The molecule has 170 valence electrons. The van der Waals surface area contributed by atoms with Gasteiger partial charge in [-0.2, -0.15) is 10.1 Å². The summed E-state index contributed by atoms with van der Waals surface area (Å²) in [5, 5.41) is 15.7. The summed E-state index contributed by atoms with van der Waals surface area (Å²) < 4.78 is 6.78. The molecule has 0 radical (unpaired) electrons. The summed E-state index contributed by atoms with van der Waals surface area (Å²) in [6.45, 7) is 2.80. The largest absolute Gasteiger partial charge is 0.497 e. The Balaban J connectivity index is 1.31. The molecule has 1 aromatic carbocycles. The molecule has 0 aliphatic rings. The summed E-state index contributed by atoms with van der Waals surface area (Å²) in [6.07, 6.45) is 0. The summed E-state index contributed by atoms with van der Waals surface area (Å²) in [4.78, 5) is 22.5. The number of nitrogens with zero attached hydrogens (tertiary/aromatic N) is 4. The van der Waals surface area contributed by atoms with Gasteiger partial charge in [-0.15, -0.1) is 11.3 Å². The molecule has 0 aliphatic carbocycles. The zero-order valence-corrected chi connectivity index (χ0v) is 19.4. The van der Waals surface area contributed by atoms with Gasteiger partial charge in [0.25, 0.3) is 5.91 Å². The predicted octanol–water partition coefficient (Wildman–Crippen LogP) is 3.84. The minimum Gasteiger partial charge on any atom is -0.497 e. The quantitative estimate of drug-likeness (QED) is 0.324. The van der Waals surface area contributed by atoms with E-state index in [9.17, 15) is 4.79 Å². The molecule has 0 saturated heterocycles. The molecular formula is C23H25N7O2S. The summed E-state index contributed by atoms with van der Waals surface area (Å²) in [5.74, 6) is 1.77. The molecule has 10 heteroatoms. The Bertz CT molecular complexity index is 1220. The van der Waals surface area contributed by atoms with Crippen molar-refractivity contribution in [3.8, 4) is 16.3 Å². The Morgan fingerprint density at radius 1 is 1.12 bits per heavy atom. The minimum atomic E-state index is -0.179. The highest BCUT2D eigenvalue weighted by Gasteiger charge is 2.14. The summed E-state index contributed by atoms with van der Waals surface area (Å²) in [5.41, 5.74) is 3.02. The standard InChI is InChI=1S/C23H25N7O2S/c1-15-13-21(27-16-6-8-17(32-3)9-7-16)28-23(26-15)25-11-10-24-22(31)19-14-18(29-30(19)2)20-5-4-12-33-20/h4-9,12-14H,10-11H2,1-3H3,(H,24,31)(H2,25,26,27,28). The first kappa shape index (κ1) is 22.3. The molecule has 0 bridgehead atoms. The van der Waals surface area contributed by atoms with Crippen LogP contribution in [0.1, 0.15) is 16.2 Å². The lowest BCUT2D eigenvalue weighted by Crippen LogP contribution is -2.30. The maximum atomic E-state index is 12.6. The molecule has 1 amide bonds. The average molecular weight is 464 g/mol. The van der Waals surface area contributed by atoms with Crippen molar-refractivity contribution in [2.75, 3.05) is 30.8 Å². The first-order chi connectivity index (χ1) is 16.0. The van der Waals surface area contributed by atoms with E-state index in [0.29, 0.717) is 30.5 Å². The van der Waals surface area contributed by atoms with Crippen LogP contribution in [-0.4, -0.2) is 45.9 Å². The third-order valence-corrected chi connectivity index (χ3v) is 5.69. The Hall–Kier alpha value is -3.92. The molecular weight excluding hydrogens is 438 g/mol. The zero-order valence-electron chi connectivity index (χ0n) is 18.6.